The third-order valence-corrected chi connectivity index (χ3v) is 4.36. The van der Waals surface area contributed by atoms with Crippen LogP contribution in [0.1, 0.15) is 15.9 Å². The molecule has 3 aromatic carbocycles. The highest BCUT2D eigenvalue weighted by Crippen LogP contribution is 2.26. The number of nitrogens with zero attached hydrogens (tertiary/aromatic N) is 4. The Morgan fingerprint density at radius 3 is 1.84 bits per heavy atom. The van der Waals surface area contributed by atoms with Crippen molar-refractivity contribution in [3.8, 4) is 0 Å². The number of hydrogen-bond donors (Lipinski definition) is 0. The van der Waals surface area contributed by atoms with Gasteiger partial charge in [-0.25, -0.2) is 0 Å². The maximum absolute atomic E-state index is 13.2. The first kappa shape index (κ1) is 21.0. The molecular weight excluding hydrogens is 408 g/mol. The summed E-state index contributed by atoms with van der Waals surface area (Å²) in [5.41, 5.74) is -0.171. The average molecular weight is 422 g/mol. The standard InChI is InChI=1S/C20H14N4O7/c25-20(15-5-2-8-18(11-15)23(28)29)21(16-6-3-9-19(12-16)24(30)31)13-14-4-1-7-17(10-14)22(26)27/h1-12H,13H2. The number of benzene rings is 3. The van der Waals surface area contributed by atoms with Crippen molar-refractivity contribution in [1.82, 2.24) is 0 Å². The quantitative estimate of drug-likeness (QED) is 0.408. The van der Waals surface area contributed by atoms with Crippen LogP contribution in [0, 0.1) is 30.3 Å². The summed E-state index contributed by atoms with van der Waals surface area (Å²) in [6.07, 6.45) is 0. The van der Waals surface area contributed by atoms with Gasteiger partial charge in [0, 0.05) is 42.0 Å². The highest BCUT2D eigenvalue weighted by molar-refractivity contribution is 6.06. The van der Waals surface area contributed by atoms with Gasteiger partial charge < -0.3 is 4.90 Å². The number of carbonyl (C=O) groups is 1. The molecule has 0 heterocycles. The third kappa shape index (κ3) is 4.85. The van der Waals surface area contributed by atoms with Gasteiger partial charge in [-0.1, -0.05) is 24.3 Å². The number of hydrogen-bond acceptors (Lipinski definition) is 7. The number of non-ortho nitro benzene ring substituents is 3. The molecule has 11 heteroatoms. The van der Waals surface area contributed by atoms with Gasteiger partial charge in [0.25, 0.3) is 23.0 Å². The van der Waals surface area contributed by atoms with Crippen LogP contribution in [0.5, 0.6) is 0 Å². The maximum Gasteiger partial charge on any atom is 0.271 e. The molecule has 156 valence electrons. The average Bonchev–Trinajstić information content (AvgIpc) is 2.77. The van der Waals surface area contributed by atoms with Gasteiger partial charge in [-0.05, 0) is 17.7 Å². The largest absolute Gasteiger partial charge is 0.304 e. The van der Waals surface area contributed by atoms with Crippen LogP contribution in [0.3, 0.4) is 0 Å². The van der Waals surface area contributed by atoms with Crippen molar-refractivity contribution >= 4 is 28.7 Å². The smallest absolute Gasteiger partial charge is 0.271 e. The number of nitro benzene ring substituents is 3. The van der Waals surface area contributed by atoms with Crippen molar-refractivity contribution in [3.05, 3.63) is 114 Å². The van der Waals surface area contributed by atoms with E-state index in [4.69, 9.17) is 0 Å². The molecule has 3 aromatic rings. The summed E-state index contributed by atoms with van der Waals surface area (Å²) in [6.45, 7) is -0.148. The van der Waals surface area contributed by atoms with Crippen molar-refractivity contribution in [2.45, 2.75) is 6.54 Å². The predicted molar refractivity (Wildman–Crippen MR) is 110 cm³/mol. The molecule has 0 bridgehead atoms. The SMILES string of the molecule is O=C(c1cccc([N+](=O)[O-])c1)N(Cc1cccc([N+](=O)[O-])c1)c1cccc([N+](=O)[O-])c1. The maximum atomic E-state index is 13.2. The molecule has 0 saturated heterocycles. The van der Waals surface area contributed by atoms with E-state index in [9.17, 15) is 35.1 Å². The molecule has 11 nitrogen and oxygen atoms in total. The van der Waals surface area contributed by atoms with Gasteiger partial charge in [-0.15, -0.1) is 0 Å². The van der Waals surface area contributed by atoms with Crippen molar-refractivity contribution < 1.29 is 19.6 Å². The number of carbonyl (C=O) groups excluding carboxylic acids is 1. The molecule has 0 aliphatic heterocycles. The lowest BCUT2D eigenvalue weighted by molar-refractivity contribution is -0.385. The Morgan fingerprint density at radius 1 is 0.710 bits per heavy atom. The Morgan fingerprint density at radius 2 is 1.23 bits per heavy atom. The molecular formula is C20H14N4O7. The number of anilines is 1. The van der Waals surface area contributed by atoms with Crippen LogP contribution in [-0.4, -0.2) is 20.7 Å². The summed E-state index contributed by atoms with van der Waals surface area (Å²) in [5.74, 6) is -0.657. The normalized spacial score (nSPS) is 10.3. The Bertz CT molecular complexity index is 1200. The Hall–Kier alpha value is -4.67. The molecule has 0 N–H and O–H groups in total. The van der Waals surface area contributed by atoms with E-state index in [0.717, 1.165) is 6.07 Å². The van der Waals surface area contributed by atoms with Gasteiger partial charge in [-0.3, -0.25) is 35.1 Å². The fraction of sp³-hybridized carbons (Fsp3) is 0.0500. The summed E-state index contributed by atoms with van der Waals surface area (Å²) in [4.78, 5) is 45.9. The Labute approximate surface area is 174 Å². The number of rotatable bonds is 7. The zero-order chi connectivity index (χ0) is 22.5. The van der Waals surface area contributed by atoms with Crippen molar-refractivity contribution in [1.29, 1.82) is 0 Å². The second kappa shape index (κ2) is 8.78. The van der Waals surface area contributed by atoms with Gasteiger partial charge >= 0.3 is 0 Å². The Balaban J connectivity index is 2.07. The van der Waals surface area contributed by atoms with Crippen LogP contribution >= 0.6 is 0 Å². The molecule has 0 aliphatic rings. The molecule has 0 aliphatic carbocycles. The number of nitro groups is 3. The van der Waals surface area contributed by atoms with E-state index >= 15 is 0 Å². The van der Waals surface area contributed by atoms with Gasteiger partial charge in [0.05, 0.1) is 27.0 Å². The van der Waals surface area contributed by atoms with E-state index in [2.05, 4.69) is 0 Å². The van der Waals surface area contributed by atoms with E-state index in [1.165, 1.54) is 65.6 Å². The van der Waals surface area contributed by atoms with E-state index in [1.54, 1.807) is 6.07 Å². The summed E-state index contributed by atoms with van der Waals surface area (Å²) in [6, 6.07) is 16.0. The first-order valence-corrected chi connectivity index (χ1v) is 8.80. The van der Waals surface area contributed by atoms with Gasteiger partial charge in [-0.2, -0.15) is 0 Å². The molecule has 1 amide bonds. The van der Waals surface area contributed by atoms with E-state index in [0.29, 0.717) is 5.56 Å². The zero-order valence-electron chi connectivity index (χ0n) is 15.8. The first-order valence-electron chi connectivity index (χ1n) is 8.80. The van der Waals surface area contributed by atoms with Crippen LogP contribution < -0.4 is 4.90 Å². The monoisotopic (exact) mass is 422 g/mol. The van der Waals surface area contributed by atoms with Crippen LogP contribution in [0.4, 0.5) is 22.7 Å². The molecule has 0 atom stereocenters. The molecule has 0 fully saturated rings. The lowest BCUT2D eigenvalue weighted by Gasteiger charge is -2.23. The van der Waals surface area contributed by atoms with Crippen LogP contribution in [0.15, 0.2) is 72.8 Å². The fourth-order valence-corrected chi connectivity index (χ4v) is 2.91. The van der Waals surface area contributed by atoms with Crippen molar-refractivity contribution in [2.75, 3.05) is 4.90 Å². The molecule has 0 unspecified atom stereocenters. The van der Waals surface area contributed by atoms with Crippen LogP contribution in [0.25, 0.3) is 0 Å². The van der Waals surface area contributed by atoms with Crippen molar-refractivity contribution in [2.24, 2.45) is 0 Å². The van der Waals surface area contributed by atoms with Gasteiger partial charge in [0.15, 0.2) is 0 Å². The minimum atomic E-state index is -0.657. The van der Waals surface area contributed by atoms with Crippen molar-refractivity contribution in [3.63, 3.8) is 0 Å². The predicted octanol–water partition coefficient (Wildman–Crippen LogP) is 4.26. The second-order valence-corrected chi connectivity index (χ2v) is 6.40. The zero-order valence-corrected chi connectivity index (χ0v) is 15.8. The summed E-state index contributed by atoms with van der Waals surface area (Å²) >= 11 is 0. The molecule has 0 saturated carbocycles. The van der Waals surface area contributed by atoms with E-state index in [-0.39, 0.29) is 34.9 Å². The number of amides is 1. The fourth-order valence-electron chi connectivity index (χ4n) is 2.91. The molecule has 31 heavy (non-hydrogen) atoms. The summed E-state index contributed by atoms with van der Waals surface area (Å²) in [5, 5.41) is 33.3. The second-order valence-electron chi connectivity index (χ2n) is 6.40. The highest BCUT2D eigenvalue weighted by Gasteiger charge is 2.22. The topological polar surface area (TPSA) is 150 Å². The van der Waals surface area contributed by atoms with Crippen LogP contribution in [0.2, 0.25) is 0 Å². The summed E-state index contributed by atoms with van der Waals surface area (Å²) in [7, 11) is 0. The lowest BCUT2D eigenvalue weighted by Crippen LogP contribution is -2.30. The van der Waals surface area contributed by atoms with E-state index in [1.807, 2.05) is 0 Å². The minimum Gasteiger partial charge on any atom is -0.304 e. The van der Waals surface area contributed by atoms with E-state index < -0.39 is 20.7 Å². The van der Waals surface area contributed by atoms with Gasteiger partial charge in [0.1, 0.15) is 0 Å². The first-order chi connectivity index (χ1) is 14.8. The molecule has 0 radical (unpaired) electrons. The third-order valence-electron chi connectivity index (χ3n) is 4.36. The molecule has 3 rings (SSSR count). The summed E-state index contributed by atoms with van der Waals surface area (Å²) < 4.78 is 0. The highest BCUT2D eigenvalue weighted by atomic mass is 16.6. The van der Waals surface area contributed by atoms with Gasteiger partial charge in [0.2, 0.25) is 0 Å². The molecule has 0 aromatic heterocycles. The van der Waals surface area contributed by atoms with Crippen LogP contribution in [-0.2, 0) is 6.54 Å². The lowest BCUT2D eigenvalue weighted by atomic mass is 10.1. The minimum absolute atomic E-state index is 0.00821. The molecule has 0 spiro atoms. The Kier molecular flexibility index (Phi) is 5.96.